The van der Waals surface area contributed by atoms with Gasteiger partial charge in [-0.25, -0.2) is 12.8 Å². The zero-order chi connectivity index (χ0) is 15.0. The molecule has 1 aliphatic rings. The fraction of sp³-hybridized carbons (Fsp3) is 0.125. The molecular weight excluding hydrogens is 291 g/mol. The number of aryl methyl sites for hydroxylation is 1. The number of sulfone groups is 1. The Morgan fingerprint density at radius 3 is 2.62 bits per heavy atom. The van der Waals surface area contributed by atoms with Gasteiger partial charge in [-0.05, 0) is 42.3 Å². The third-order valence-electron chi connectivity index (χ3n) is 3.30. The Hall–Kier alpha value is -2.14. The van der Waals surface area contributed by atoms with Crippen molar-refractivity contribution in [3.8, 4) is 5.75 Å². The van der Waals surface area contributed by atoms with E-state index in [-0.39, 0.29) is 16.4 Å². The van der Waals surface area contributed by atoms with E-state index < -0.39 is 15.7 Å². The van der Waals surface area contributed by atoms with E-state index in [4.69, 9.17) is 4.74 Å². The quantitative estimate of drug-likeness (QED) is 0.873. The first-order valence-electron chi connectivity index (χ1n) is 6.42. The molecule has 0 N–H and O–H groups in total. The monoisotopic (exact) mass is 304 g/mol. The van der Waals surface area contributed by atoms with E-state index in [9.17, 15) is 12.8 Å². The molecule has 0 unspecified atom stereocenters. The highest BCUT2D eigenvalue weighted by Gasteiger charge is 2.32. The van der Waals surface area contributed by atoms with Gasteiger partial charge in [0.1, 0.15) is 23.1 Å². The summed E-state index contributed by atoms with van der Waals surface area (Å²) < 4.78 is 43.8. The first kappa shape index (κ1) is 13.8. The topological polar surface area (TPSA) is 43.4 Å². The second kappa shape index (κ2) is 5.00. The van der Waals surface area contributed by atoms with Crippen LogP contribution in [0.3, 0.4) is 0 Å². The maximum Gasteiger partial charge on any atom is 0.209 e. The fourth-order valence-corrected chi connectivity index (χ4v) is 3.80. The minimum absolute atomic E-state index is 0.0732. The van der Waals surface area contributed by atoms with Crippen molar-refractivity contribution in [3.63, 3.8) is 0 Å². The van der Waals surface area contributed by atoms with Crippen LogP contribution in [0, 0.1) is 12.7 Å². The van der Waals surface area contributed by atoms with Crippen molar-refractivity contribution in [1.29, 1.82) is 0 Å². The molecule has 0 radical (unpaired) electrons. The lowest BCUT2D eigenvalue weighted by atomic mass is 10.2. The molecule has 1 heterocycles. The molecule has 2 aromatic rings. The normalized spacial score (nSPS) is 15.4. The summed E-state index contributed by atoms with van der Waals surface area (Å²) in [5, 5.41) is 0. The number of fused-ring (bicyclic) bond motifs is 1. The molecule has 21 heavy (non-hydrogen) atoms. The van der Waals surface area contributed by atoms with E-state index in [1.165, 1.54) is 12.1 Å². The molecule has 2 aromatic carbocycles. The molecule has 0 atom stereocenters. The van der Waals surface area contributed by atoms with E-state index >= 15 is 0 Å². The van der Waals surface area contributed by atoms with Crippen molar-refractivity contribution in [2.75, 3.05) is 6.61 Å². The Morgan fingerprint density at radius 2 is 1.90 bits per heavy atom. The van der Waals surface area contributed by atoms with Crippen LogP contribution in [0.25, 0.3) is 6.08 Å². The zero-order valence-corrected chi connectivity index (χ0v) is 12.2. The van der Waals surface area contributed by atoms with Gasteiger partial charge in [-0.1, -0.05) is 24.3 Å². The lowest BCUT2D eigenvalue weighted by molar-refractivity contribution is 0.358. The number of hydrogen-bond acceptors (Lipinski definition) is 3. The van der Waals surface area contributed by atoms with E-state index in [0.29, 0.717) is 11.3 Å². The summed E-state index contributed by atoms with van der Waals surface area (Å²) in [5.41, 5.74) is 1.39. The fourth-order valence-electron chi connectivity index (χ4n) is 2.28. The van der Waals surface area contributed by atoms with Gasteiger partial charge in [-0.15, -0.1) is 0 Å². The van der Waals surface area contributed by atoms with Gasteiger partial charge >= 0.3 is 0 Å². The standard InChI is InChI=1S/C16H13FO3S/c1-11-4-2-6-13(8-11)20-10-14-9-12-5-3-7-15(17)16(12)21(14,18)19/h2-9H,10H2,1H3. The Kier molecular flexibility index (Phi) is 3.29. The summed E-state index contributed by atoms with van der Waals surface area (Å²) in [7, 11) is -3.80. The molecule has 5 heteroatoms. The smallest absolute Gasteiger partial charge is 0.209 e. The number of hydrogen-bond donors (Lipinski definition) is 0. The molecule has 0 amide bonds. The second-order valence-corrected chi connectivity index (χ2v) is 6.82. The lowest BCUT2D eigenvalue weighted by Gasteiger charge is -2.08. The first-order valence-corrected chi connectivity index (χ1v) is 7.90. The summed E-state index contributed by atoms with van der Waals surface area (Å²) in [5.74, 6) is -0.142. The van der Waals surface area contributed by atoms with Gasteiger partial charge in [-0.2, -0.15) is 0 Å². The van der Waals surface area contributed by atoms with E-state index in [0.717, 1.165) is 11.6 Å². The number of halogens is 1. The van der Waals surface area contributed by atoms with E-state index in [1.807, 2.05) is 25.1 Å². The van der Waals surface area contributed by atoms with Gasteiger partial charge in [-0.3, -0.25) is 0 Å². The highest BCUT2D eigenvalue weighted by molar-refractivity contribution is 7.95. The van der Waals surface area contributed by atoms with Crippen LogP contribution < -0.4 is 4.74 Å². The van der Waals surface area contributed by atoms with Crippen LogP contribution in [-0.2, 0) is 9.84 Å². The van der Waals surface area contributed by atoms with Crippen molar-refractivity contribution in [2.24, 2.45) is 0 Å². The number of benzene rings is 2. The summed E-state index contributed by atoms with van der Waals surface area (Å²) >= 11 is 0. The van der Waals surface area contributed by atoms with E-state index in [1.54, 1.807) is 12.1 Å². The Labute approximate surface area is 122 Å². The largest absolute Gasteiger partial charge is 0.488 e. The molecule has 0 bridgehead atoms. The van der Waals surface area contributed by atoms with Crippen molar-refractivity contribution in [2.45, 2.75) is 11.8 Å². The molecule has 0 fully saturated rings. The molecule has 0 aliphatic carbocycles. The lowest BCUT2D eigenvalue weighted by Crippen LogP contribution is -2.10. The van der Waals surface area contributed by atoms with Gasteiger partial charge in [0.25, 0.3) is 0 Å². The van der Waals surface area contributed by atoms with Gasteiger partial charge in [0.05, 0.1) is 4.91 Å². The Morgan fingerprint density at radius 1 is 1.14 bits per heavy atom. The summed E-state index contributed by atoms with van der Waals surface area (Å²) in [6.45, 7) is 1.81. The zero-order valence-electron chi connectivity index (χ0n) is 11.3. The molecule has 0 saturated heterocycles. The summed E-state index contributed by atoms with van der Waals surface area (Å²) in [6.07, 6.45) is 1.46. The van der Waals surface area contributed by atoms with Crippen LogP contribution in [0.5, 0.6) is 5.75 Å². The predicted octanol–water partition coefficient (Wildman–Crippen LogP) is 3.34. The average molecular weight is 304 g/mol. The van der Waals surface area contributed by atoms with Gasteiger partial charge in [0.2, 0.25) is 9.84 Å². The maximum atomic E-state index is 13.7. The molecular formula is C16H13FO3S. The van der Waals surface area contributed by atoms with Crippen molar-refractivity contribution >= 4 is 15.9 Å². The second-order valence-electron chi connectivity index (χ2n) is 4.88. The molecule has 3 rings (SSSR count). The van der Waals surface area contributed by atoms with Crippen molar-refractivity contribution in [1.82, 2.24) is 0 Å². The number of ether oxygens (including phenoxy) is 1. The molecule has 3 nitrogen and oxygen atoms in total. The van der Waals surface area contributed by atoms with Gasteiger partial charge in [0.15, 0.2) is 0 Å². The predicted molar refractivity (Wildman–Crippen MR) is 78.2 cm³/mol. The number of rotatable bonds is 3. The minimum Gasteiger partial charge on any atom is -0.488 e. The van der Waals surface area contributed by atoms with E-state index in [2.05, 4.69) is 0 Å². The summed E-state index contributed by atoms with van der Waals surface area (Å²) in [6, 6.07) is 11.5. The van der Waals surface area contributed by atoms with Crippen LogP contribution in [0.15, 0.2) is 52.3 Å². The molecule has 0 aromatic heterocycles. The van der Waals surface area contributed by atoms with Gasteiger partial charge in [0, 0.05) is 0 Å². The van der Waals surface area contributed by atoms with Gasteiger partial charge < -0.3 is 4.74 Å². The highest BCUT2D eigenvalue weighted by atomic mass is 32.2. The van der Waals surface area contributed by atoms with Crippen LogP contribution in [0.2, 0.25) is 0 Å². The molecule has 0 saturated carbocycles. The van der Waals surface area contributed by atoms with Crippen molar-refractivity contribution < 1.29 is 17.5 Å². The average Bonchev–Trinajstić information content (AvgIpc) is 2.69. The van der Waals surface area contributed by atoms with Crippen LogP contribution in [-0.4, -0.2) is 15.0 Å². The first-order chi connectivity index (χ1) is 9.98. The maximum absolute atomic E-state index is 13.7. The third kappa shape index (κ3) is 2.45. The Bertz CT molecular complexity index is 838. The van der Waals surface area contributed by atoms with Crippen LogP contribution in [0.1, 0.15) is 11.1 Å². The van der Waals surface area contributed by atoms with Crippen LogP contribution in [0.4, 0.5) is 4.39 Å². The summed E-state index contributed by atoms with van der Waals surface area (Å²) in [4.78, 5) is -0.183. The Balaban J connectivity index is 1.87. The third-order valence-corrected chi connectivity index (χ3v) is 5.19. The van der Waals surface area contributed by atoms with Crippen LogP contribution >= 0.6 is 0 Å². The SMILES string of the molecule is Cc1cccc(OCC2=Cc3cccc(F)c3S2(=O)=O)c1. The highest BCUT2D eigenvalue weighted by Crippen LogP contribution is 2.34. The molecule has 0 spiro atoms. The minimum atomic E-state index is -3.80. The molecule has 1 aliphatic heterocycles. The molecule has 108 valence electrons. The van der Waals surface area contributed by atoms with Crippen molar-refractivity contribution in [3.05, 3.63) is 64.3 Å².